The van der Waals surface area contributed by atoms with Crippen molar-refractivity contribution in [1.29, 1.82) is 0 Å². The summed E-state index contributed by atoms with van der Waals surface area (Å²) >= 11 is 0. The Bertz CT molecular complexity index is 334. The van der Waals surface area contributed by atoms with Crippen molar-refractivity contribution >= 4 is 0 Å². The largest absolute Gasteiger partial charge is 0.435 e. The quantitative estimate of drug-likeness (QED) is 0.532. The molecule has 1 aromatic rings. The standard InChI is InChI=1S/C5H3F6N3/c6-4(7,8)2-1-3(5(9,10)11)14(12)13-2/h1H,12H2. The van der Waals surface area contributed by atoms with Crippen LogP contribution < -0.4 is 5.84 Å². The van der Waals surface area contributed by atoms with Gasteiger partial charge in [0.2, 0.25) is 0 Å². The SMILES string of the molecule is Nn1nc(C(F)(F)F)cc1C(F)(F)F. The smallest absolute Gasteiger partial charge is 0.323 e. The van der Waals surface area contributed by atoms with Crippen LogP contribution in [0.4, 0.5) is 26.3 Å². The first-order chi connectivity index (χ1) is 6.12. The summed E-state index contributed by atoms with van der Waals surface area (Å²) in [5.74, 6) is 4.61. The van der Waals surface area contributed by atoms with Crippen molar-refractivity contribution in [3.8, 4) is 0 Å². The molecule has 0 atom stereocenters. The van der Waals surface area contributed by atoms with Crippen molar-refractivity contribution in [2.24, 2.45) is 0 Å². The van der Waals surface area contributed by atoms with Crippen LogP contribution in [0.1, 0.15) is 11.4 Å². The molecule has 0 saturated heterocycles. The van der Waals surface area contributed by atoms with Crippen LogP contribution in [0, 0.1) is 0 Å². The number of halogens is 6. The molecule has 14 heavy (non-hydrogen) atoms. The lowest BCUT2D eigenvalue weighted by molar-refractivity contribution is -0.143. The molecular weight excluding hydrogens is 216 g/mol. The third kappa shape index (κ3) is 1.91. The van der Waals surface area contributed by atoms with Gasteiger partial charge in [0, 0.05) is 6.07 Å². The lowest BCUT2D eigenvalue weighted by atomic mass is 10.3. The highest BCUT2D eigenvalue weighted by molar-refractivity contribution is 5.15. The molecular formula is C5H3F6N3. The first-order valence-electron chi connectivity index (χ1n) is 3.12. The van der Waals surface area contributed by atoms with Gasteiger partial charge in [0.15, 0.2) is 11.4 Å². The molecule has 0 spiro atoms. The topological polar surface area (TPSA) is 43.8 Å². The molecule has 1 heterocycles. The monoisotopic (exact) mass is 219 g/mol. The van der Waals surface area contributed by atoms with E-state index in [2.05, 4.69) is 10.9 Å². The summed E-state index contributed by atoms with van der Waals surface area (Å²) in [5.41, 5.74) is -3.32. The normalized spacial score (nSPS) is 13.3. The molecule has 9 heteroatoms. The second kappa shape index (κ2) is 2.79. The van der Waals surface area contributed by atoms with Crippen molar-refractivity contribution in [2.75, 3.05) is 5.84 Å². The fraction of sp³-hybridized carbons (Fsp3) is 0.400. The summed E-state index contributed by atoms with van der Waals surface area (Å²) in [6.45, 7) is 0. The summed E-state index contributed by atoms with van der Waals surface area (Å²) in [7, 11) is 0. The van der Waals surface area contributed by atoms with E-state index < -0.39 is 23.7 Å². The Morgan fingerprint density at radius 2 is 1.57 bits per heavy atom. The van der Waals surface area contributed by atoms with Gasteiger partial charge in [0.1, 0.15) is 0 Å². The van der Waals surface area contributed by atoms with Crippen molar-refractivity contribution in [3.05, 3.63) is 17.5 Å². The highest BCUT2D eigenvalue weighted by Gasteiger charge is 2.41. The van der Waals surface area contributed by atoms with E-state index in [9.17, 15) is 26.3 Å². The van der Waals surface area contributed by atoms with Crippen LogP contribution in [0.5, 0.6) is 0 Å². The van der Waals surface area contributed by atoms with E-state index in [0.29, 0.717) is 0 Å². The third-order valence-electron chi connectivity index (χ3n) is 1.32. The molecule has 0 aliphatic heterocycles. The van der Waals surface area contributed by atoms with E-state index in [1.165, 1.54) is 0 Å². The van der Waals surface area contributed by atoms with Crippen molar-refractivity contribution in [1.82, 2.24) is 9.89 Å². The van der Waals surface area contributed by atoms with Crippen LogP contribution in [0.3, 0.4) is 0 Å². The molecule has 0 aliphatic rings. The van der Waals surface area contributed by atoms with Gasteiger partial charge in [-0.05, 0) is 0 Å². The molecule has 0 aliphatic carbocycles. The minimum absolute atomic E-state index is 0.153. The number of nitrogen functional groups attached to an aromatic ring is 1. The van der Waals surface area contributed by atoms with E-state index in [1.807, 2.05) is 0 Å². The Balaban J connectivity index is 3.19. The second-order valence-electron chi connectivity index (χ2n) is 2.35. The van der Waals surface area contributed by atoms with E-state index in [0.717, 1.165) is 0 Å². The second-order valence-corrected chi connectivity index (χ2v) is 2.35. The highest BCUT2D eigenvalue weighted by atomic mass is 19.4. The fourth-order valence-electron chi connectivity index (χ4n) is 0.745. The molecule has 0 aromatic carbocycles. The first-order valence-corrected chi connectivity index (χ1v) is 3.12. The zero-order valence-corrected chi connectivity index (χ0v) is 6.32. The average Bonchev–Trinajstić information content (AvgIpc) is 2.27. The van der Waals surface area contributed by atoms with E-state index in [4.69, 9.17) is 0 Å². The van der Waals surface area contributed by atoms with Crippen LogP contribution >= 0.6 is 0 Å². The number of hydrogen-bond donors (Lipinski definition) is 1. The summed E-state index contributed by atoms with van der Waals surface area (Å²) in [4.78, 5) is -0.344. The Kier molecular flexibility index (Phi) is 2.13. The predicted molar refractivity (Wildman–Crippen MR) is 32.4 cm³/mol. The fourth-order valence-corrected chi connectivity index (χ4v) is 0.745. The van der Waals surface area contributed by atoms with Crippen molar-refractivity contribution in [2.45, 2.75) is 12.4 Å². The molecule has 80 valence electrons. The minimum atomic E-state index is -4.95. The van der Waals surface area contributed by atoms with Crippen LogP contribution in [-0.4, -0.2) is 9.89 Å². The van der Waals surface area contributed by atoms with Gasteiger partial charge in [-0.2, -0.15) is 31.1 Å². The first kappa shape index (κ1) is 10.7. The Hall–Kier alpha value is -1.41. The predicted octanol–water partition coefficient (Wildman–Crippen LogP) is 1.63. The van der Waals surface area contributed by atoms with Crippen LogP contribution in [-0.2, 0) is 12.4 Å². The lowest BCUT2D eigenvalue weighted by Gasteiger charge is -2.03. The van der Waals surface area contributed by atoms with Gasteiger partial charge in [-0.3, -0.25) is 0 Å². The molecule has 1 aromatic heterocycles. The third-order valence-corrected chi connectivity index (χ3v) is 1.32. The van der Waals surface area contributed by atoms with Gasteiger partial charge >= 0.3 is 12.4 Å². The average molecular weight is 219 g/mol. The van der Waals surface area contributed by atoms with Crippen molar-refractivity contribution < 1.29 is 26.3 Å². The molecule has 0 fully saturated rings. The maximum atomic E-state index is 11.9. The number of alkyl halides is 6. The number of aromatic nitrogens is 2. The van der Waals surface area contributed by atoms with Crippen LogP contribution in [0.15, 0.2) is 6.07 Å². The maximum absolute atomic E-state index is 11.9. The Morgan fingerprint density at radius 1 is 1.07 bits per heavy atom. The number of rotatable bonds is 0. The molecule has 0 unspecified atom stereocenters. The van der Waals surface area contributed by atoms with E-state index >= 15 is 0 Å². The van der Waals surface area contributed by atoms with E-state index in [1.54, 1.807) is 0 Å². The van der Waals surface area contributed by atoms with Gasteiger partial charge < -0.3 is 5.84 Å². The maximum Gasteiger partial charge on any atom is 0.435 e. The summed E-state index contributed by atoms with van der Waals surface area (Å²) in [6, 6.07) is -0.153. The number of nitrogens with two attached hydrogens (primary N) is 1. The molecule has 0 amide bonds. The molecule has 0 radical (unpaired) electrons. The molecule has 0 saturated carbocycles. The van der Waals surface area contributed by atoms with E-state index in [-0.39, 0.29) is 10.9 Å². The minimum Gasteiger partial charge on any atom is -0.323 e. The summed E-state index contributed by atoms with van der Waals surface area (Å²) in [6.07, 6.45) is -9.89. The number of nitrogens with zero attached hydrogens (tertiary/aromatic N) is 2. The molecule has 3 nitrogen and oxygen atoms in total. The number of hydrogen-bond acceptors (Lipinski definition) is 2. The molecule has 0 bridgehead atoms. The van der Waals surface area contributed by atoms with Gasteiger partial charge in [-0.15, -0.1) is 5.10 Å². The van der Waals surface area contributed by atoms with Gasteiger partial charge in [0.05, 0.1) is 0 Å². The molecule has 1 rings (SSSR count). The summed E-state index contributed by atoms with van der Waals surface area (Å²) in [5, 5.41) is 2.50. The lowest BCUT2D eigenvalue weighted by Crippen LogP contribution is -2.20. The molecule has 2 N–H and O–H groups in total. The summed E-state index contributed by atoms with van der Waals surface area (Å²) < 4.78 is 71.4. The van der Waals surface area contributed by atoms with Crippen LogP contribution in [0.2, 0.25) is 0 Å². The van der Waals surface area contributed by atoms with Gasteiger partial charge in [0.25, 0.3) is 0 Å². The Labute approximate surface area is 73.1 Å². The highest BCUT2D eigenvalue weighted by Crippen LogP contribution is 2.34. The van der Waals surface area contributed by atoms with Crippen LogP contribution in [0.25, 0.3) is 0 Å². The zero-order chi connectivity index (χ0) is 11.1. The Morgan fingerprint density at radius 3 is 1.79 bits per heavy atom. The van der Waals surface area contributed by atoms with Crippen molar-refractivity contribution in [3.63, 3.8) is 0 Å². The zero-order valence-electron chi connectivity index (χ0n) is 6.32. The van der Waals surface area contributed by atoms with Gasteiger partial charge in [-0.25, -0.2) is 0 Å². The van der Waals surface area contributed by atoms with Gasteiger partial charge in [-0.1, -0.05) is 0 Å².